The van der Waals surface area contributed by atoms with Crippen LogP contribution in [0.3, 0.4) is 0 Å². The van der Waals surface area contributed by atoms with E-state index >= 15 is 0 Å². The molecule has 0 aromatic carbocycles. The summed E-state index contributed by atoms with van der Waals surface area (Å²) < 4.78 is 8.92. The molecule has 1 heterocycles. The van der Waals surface area contributed by atoms with Crippen LogP contribution in [-0.4, -0.2) is 62.4 Å². The summed E-state index contributed by atoms with van der Waals surface area (Å²) in [5.41, 5.74) is 0. The Morgan fingerprint density at radius 3 is 2.12 bits per heavy atom. The summed E-state index contributed by atoms with van der Waals surface area (Å²) in [6.07, 6.45) is -8.85. The molecule has 0 radical (unpaired) electrons. The summed E-state index contributed by atoms with van der Waals surface area (Å²) in [5.74, 6) is -1.56. The van der Waals surface area contributed by atoms with Crippen molar-refractivity contribution in [2.75, 3.05) is 0 Å². The molecule has 0 bridgehead atoms. The van der Waals surface area contributed by atoms with Crippen LogP contribution in [0.2, 0.25) is 0 Å². The van der Waals surface area contributed by atoms with Gasteiger partial charge in [0.05, 0.1) is 0 Å². The van der Waals surface area contributed by atoms with Gasteiger partial charge >= 0.3 is 11.3 Å². The first-order valence-corrected chi connectivity index (χ1v) is 4.61. The lowest BCUT2D eigenvalue weighted by Crippen LogP contribution is -2.60. The zero-order valence-corrected chi connectivity index (χ0v) is 8.65. The summed E-state index contributed by atoms with van der Waals surface area (Å²) in [5, 5.41) is 35.4. The number of carboxylic acids is 1. The van der Waals surface area contributed by atoms with Crippen molar-refractivity contribution in [2.24, 2.45) is 0 Å². The van der Waals surface area contributed by atoms with E-state index in [1.807, 2.05) is 0 Å². The predicted molar refractivity (Wildman–Crippen MR) is 49.8 cm³/mol. The average Bonchev–Trinajstić information content (AvgIpc) is 2.18. The van der Waals surface area contributed by atoms with Gasteiger partial charge in [0, 0.05) is 0 Å². The highest BCUT2D eigenvalue weighted by Gasteiger charge is 2.48. The fraction of sp³-hybridized carbons (Fsp3) is 0.714. The molecule has 1 fully saturated rings. The van der Waals surface area contributed by atoms with Crippen molar-refractivity contribution in [3.8, 4) is 0 Å². The summed E-state index contributed by atoms with van der Waals surface area (Å²) in [6.45, 7) is 0. The van der Waals surface area contributed by atoms with Crippen LogP contribution in [0.4, 0.5) is 4.79 Å². The van der Waals surface area contributed by atoms with Crippen LogP contribution in [0.25, 0.3) is 0 Å². The van der Waals surface area contributed by atoms with Gasteiger partial charge in [-0.25, -0.2) is 9.59 Å². The van der Waals surface area contributed by atoms with Crippen LogP contribution in [0.5, 0.6) is 0 Å². The molecule has 0 aromatic rings. The molecule has 1 saturated heterocycles. The summed E-state index contributed by atoms with van der Waals surface area (Å²) in [6, 6.07) is 0. The molecule has 0 spiro atoms. The standard InChI is InChI=1S/C7H10O8S/c8-1-2(9)4(5(11)12)14-6(3(1)10)15-7(13)16/h1-4,6,8-10H,(H,11,12)(H,13,16). The van der Waals surface area contributed by atoms with Crippen LogP contribution < -0.4 is 0 Å². The van der Waals surface area contributed by atoms with Gasteiger partial charge in [-0.3, -0.25) is 0 Å². The van der Waals surface area contributed by atoms with E-state index in [4.69, 9.17) is 5.11 Å². The van der Waals surface area contributed by atoms with E-state index in [0.717, 1.165) is 0 Å². The van der Waals surface area contributed by atoms with Crippen LogP contribution in [0.15, 0.2) is 0 Å². The Balaban J connectivity index is 2.80. The highest BCUT2D eigenvalue weighted by atomic mass is 32.1. The number of hydrogen-bond donors (Lipinski definition) is 5. The first kappa shape index (κ1) is 13.2. The van der Waals surface area contributed by atoms with Gasteiger partial charge in [-0.2, -0.15) is 0 Å². The number of carbonyl (C=O) groups is 2. The predicted octanol–water partition coefficient (Wildman–Crippen LogP) is -2.06. The number of aliphatic hydroxyl groups excluding tert-OH is 3. The van der Waals surface area contributed by atoms with Crippen molar-refractivity contribution in [1.82, 2.24) is 0 Å². The molecule has 92 valence electrons. The largest absolute Gasteiger partial charge is 0.479 e. The second kappa shape index (κ2) is 4.97. The smallest absolute Gasteiger partial charge is 0.366 e. The van der Waals surface area contributed by atoms with Crippen LogP contribution in [0, 0.1) is 0 Å². The second-order valence-electron chi connectivity index (χ2n) is 3.12. The monoisotopic (exact) mass is 254 g/mol. The maximum Gasteiger partial charge on any atom is 0.366 e. The van der Waals surface area contributed by atoms with E-state index < -0.39 is 42.0 Å². The first-order valence-electron chi connectivity index (χ1n) is 4.16. The van der Waals surface area contributed by atoms with E-state index in [2.05, 4.69) is 22.1 Å². The van der Waals surface area contributed by atoms with Crippen molar-refractivity contribution in [1.29, 1.82) is 0 Å². The summed E-state index contributed by atoms with van der Waals surface area (Å²) >= 11 is 3.24. The van der Waals surface area contributed by atoms with Gasteiger partial charge in [-0.05, 0) is 0 Å². The average molecular weight is 254 g/mol. The quantitative estimate of drug-likeness (QED) is 0.281. The van der Waals surface area contributed by atoms with Crippen molar-refractivity contribution in [3.05, 3.63) is 0 Å². The lowest BCUT2D eigenvalue weighted by Gasteiger charge is -2.37. The number of carboxylic acid groups (broad SMARTS) is 1. The topological polar surface area (TPSA) is 134 Å². The maximum absolute atomic E-state index is 10.6. The summed E-state index contributed by atoms with van der Waals surface area (Å²) in [4.78, 5) is 21.1. The molecule has 0 saturated carbocycles. The van der Waals surface area contributed by atoms with Crippen molar-refractivity contribution in [2.45, 2.75) is 30.7 Å². The Labute approximate surface area is 94.8 Å². The highest BCUT2D eigenvalue weighted by Crippen LogP contribution is 2.22. The Hall–Kier alpha value is -0.870. The van der Waals surface area contributed by atoms with Gasteiger partial charge in [0.1, 0.15) is 18.3 Å². The van der Waals surface area contributed by atoms with E-state index in [1.54, 1.807) is 0 Å². The fourth-order valence-electron chi connectivity index (χ4n) is 1.25. The number of rotatable bonds is 2. The Morgan fingerprint density at radius 1 is 1.12 bits per heavy atom. The molecular weight excluding hydrogens is 244 g/mol. The molecule has 0 aliphatic carbocycles. The molecule has 1 aliphatic heterocycles. The molecule has 9 heteroatoms. The highest BCUT2D eigenvalue weighted by molar-refractivity contribution is 7.96. The lowest BCUT2D eigenvalue weighted by molar-refractivity contribution is -0.276. The maximum atomic E-state index is 10.6. The fourth-order valence-corrected chi connectivity index (χ4v) is 1.35. The Morgan fingerprint density at radius 2 is 1.69 bits per heavy atom. The second-order valence-corrected chi connectivity index (χ2v) is 3.48. The number of aliphatic carboxylic acids is 1. The molecule has 5 atom stereocenters. The van der Waals surface area contributed by atoms with Crippen molar-refractivity contribution >= 4 is 23.9 Å². The van der Waals surface area contributed by atoms with Crippen LogP contribution in [-0.2, 0) is 14.3 Å². The molecule has 8 nitrogen and oxygen atoms in total. The molecule has 1 aliphatic rings. The number of ether oxygens (including phenoxy) is 2. The third-order valence-electron chi connectivity index (χ3n) is 2.03. The van der Waals surface area contributed by atoms with Crippen LogP contribution >= 0.6 is 12.6 Å². The number of carbonyl (C=O) groups excluding carboxylic acids is 1. The normalized spacial score (nSPS) is 39.1. The van der Waals surface area contributed by atoms with Gasteiger partial charge in [-0.1, -0.05) is 12.6 Å². The lowest BCUT2D eigenvalue weighted by atomic mass is 9.99. The number of hydrogen-bond acceptors (Lipinski definition) is 7. The number of thiol groups is 1. The van der Waals surface area contributed by atoms with Gasteiger partial charge in [0.2, 0.25) is 6.29 Å². The van der Waals surface area contributed by atoms with Gasteiger partial charge in [0.25, 0.3) is 0 Å². The Bertz CT molecular complexity index is 292. The van der Waals surface area contributed by atoms with Crippen molar-refractivity contribution < 1.29 is 39.5 Å². The van der Waals surface area contributed by atoms with Crippen molar-refractivity contribution in [3.63, 3.8) is 0 Å². The van der Waals surface area contributed by atoms with Gasteiger partial charge in [-0.15, -0.1) is 0 Å². The third kappa shape index (κ3) is 2.62. The minimum absolute atomic E-state index is 1.11. The number of aliphatic hydroxyl groups is 3. The molecule has 5 unspecified atom stereocenters. The molecular formula is C7H10O8S. The molecule has 4 N–H and O–H groups in total. The third-order valence-corrected chi connectivity index (χ3v) is 2.14. The van der Waals surface area contributed by atoms with E-state index in [-0.39, 0.29) is 0 Å². The first-order chi connectivity index (χ1) is 7.34. The van der Waals surface area contributed by atoms with E-state index in [9.17, 15) is 24.9 Å². The van der Waals surface area contributed by atoms with Crippen LogP contribution in [0.1, 0.15) is 0 Å². The molecule has 0 aromatic heterocycles. The SMILES string of the molecule is O=C(S)OC1OC(C(=O)O)C(O)C(O)C1O. The summed E-state index contributed by atoms with van der Waals surface area (Å²) in [7, 11) is 0. The minimum Gasteiger partial charge on any atom is -0.479 e. The molecule has 0 amide bonds. The minimum atomic E-state index is -1.82. The van der Waals surface area contributed by atoms with E-state index in [1.165, 1.54) is 0 Å². The van der Waals surface area contributed by atoms with Gasteiger partial charge in [0.15, 0.2) is 6.10 Å². The molecule has 1 rings (SSSR count). The zero-order chi connectivity index (χ0) is 12.5. The molecule has 16 heavy (non-hydrogen) atoms. The zero-order valence-electron chi connectivity index (χ0n) is 7.76. The Kier molecular flexibility index (Phi) is 4.10. The van der Waals surface area contributed by atoms with E-state index in [0.29, 0.717) is 0 Å². The van der Waals surface area contributed by atoms with Gasteiger partial charge < -0.3 is 29.9 Å².